The van der Waals surface area contributed by atoms with Crippen molar-refractivity contribution in [1.29, 1.82) is 0 Å². The van der Waals surface area contributed by atoms with Crippen LogP contribution in [0.2, 0.25) is 0 Å². The van der Waals surface area contributed by atoms with Gasteiger partial charge in [-0.3, -0.25) is 4.90 Å². The van der Waals surface area contributed by atoms with E-state index in [4.69, 9.17) is 9.47 Å². The number of nitrogens with zero attached hydrogens (tertiary/aromatic N) is 1. The summed E-state index contributed by atoms with van der Waals surface area (Å²) in [4.78, 5) is 2.71. The predicted octanol–water partition coefficient (Wildman–Crippen LogP) is 1.99. The van der Waals surface area contributed by atoms with E-state index in [2.05, 4.69) is 31.0 Å². The molecule has 3 fully saturated rings. The molecule has 0 amide bonds. The molecule has 1 aliphatic carbocycles. The lowest BCUT2D eigenvalue weighted by atomic mass is 9.84. The van der Waals surface area contributed by atoms with E-state index in [1.165, 1.54) is 13.0 Å². The number of nitrogens with one attached hydrogen (secondary N) is 1. The highest BCUT2D eigenvalue weighted by atomic mass is 16.7. The van der Waals surface area contributed by atoms with Crippen molar-refractivity contribution in [3.63, 3.8) is 0 Å². The highest BCUT2D eigenvalue weighted by molar-refractivity contribution is 4.99. The van der Waals surface area contributed by atoms with Gasteiger partial charge in [-0.05, 0) is 32.2 Å². The Kier molecular flexibility index (Phi) is 4.37. The molecular weight excluding hydrogens is 252 g/mol. The minimum Gasteiger partial charge on any atom is -0.347 e. The predicted molar refractivity (Wildman–Crippen MR) is 79.7 cm³/mol. The van der Waals surface area contributed by atoms with Crippen LogP contribution in [0.4, 0.5) is 0 Å². The van der Waals surface area contributed by atoms with Crippen molar-refractivity contribution in [3.8, 4) is 0 Å². The fourth-order valence-electron chi connectivity index (χ4n) is 4.53. The van der Waals surface area contributed by atoms with E-state index < -0.39 is 0 Å². The molecule has 2 heterocycles. The third-order valence-corrected chi connectivity index (χ3v) is 5.36. The maximum absolute atomic E-state index is 5.98. The number of hydrogen-bond acceptors (Lipinski definition) is 4. The summed E-state index contributed by atoms with van der Waals surface area (Å²) in [6, 6.07) is 1.83. The Hall–Kier alpha value is -0.160. The van der Waals surface area contributed by atoms with Crippen molar-refractivity contribution < 1.29 is 9.47 Å². The molecule has 3 aliphatic rings. The van der Waals surface area contributed by atoms with Gasteiger partial charge in [-0.25, -0.2) is 0 Å². The van der Waals surface area contributed by atoms with Gasteiger partial charge in [-0.2, -0.15) is 0 Å². The Morgan fingerprint density at radius 2 is 2.00 bits per heavy atom. The number of ether oxygens (including phenoxy) is 2. The Balaban J connectivity index is 1.75. The summed E-state index contributed by atoms with van der Waals surface area (Å²) in [5, 5.41) is 3.70. The van der Waals surface area contributed by atoms with Crippen molar-refractivity contribution in [2.75, 3.05) is 26.3 Å². The molecule has 4 nitrogen and oxygen atoms in total. The largest absolute Gasteiger partial charge is 0.347 e. The molecule has 1 spiro atoms. The maximum atomic E-state index is 5.98. The van der Waals surface area contributed by atoms with Crippen molar-refractivity contribution >= 4 is 0 Å². The topological polar surface area (TPSA) is 33.7 Å². The van der Waals surface area contributed by atoms with Gasteiger partial charge in [0.05, 0.1) is 13.2 Å². The Bertz CT molecular complexity index is 330. The lowest BCUT2D eigenvalue weighted by Gasteiger charge is -2.46. The van der Waals surface area contributed by atoms with Gasteiger partial charge in [-0.15, -0.1) is 0 Å². The zero-order valence-corrected chi connectivity index (χ0v) is 13.2. The van der Waals surface area contributed by atoms with Crippen molar-refractivity contribution in [2.45, 2.75) is 70.4 Å². The molecule has 20 heavy (non-hydrogen) atoms. The minimum atomic E-state index is -0.276. The van der Waals surface area contributed by atoms with E-state index in [0.717, 1.165) is 44.9 Å². The van der Waals surface area contributed by atoms with Crippen molar-refractivity contribution in [1.82, 2.24) is 10.2 Å². The van der Waals surface area contributed by atoms with Gasteiger partial charge in [0.25, 0.3) is 0 Å². The monoisotopic (exact) mass is 282 g/mol. The van der Waals surface area contributed by atoms with Crippen LogP contribution in [0.5, 0.6) is 0 Å². The average molecular weight is 282 g/mol. The van der Waals surface area contributed by atoms with Crippen LogP contribution in [0.1, 0.15) is 46.5 Å². The van der Waals surface area contributed by atoms with Gasteiger partial charge in [0.2, 0.25) is 0 Å². The SMILES string of the molecule is CCNC1CCC2(CC1N1CC(C)CC1C)OCCO2. The van der Waals surface area contributed by atoms with Gasteiger partial charge in [-0.1, -0.05) is 13.8 Å². The second-order valence-electron chi connectivity index (χ2n) is 6.97. The molecule has 0 bridgehead atoms. The summed E-state index contributed by atoms with van der Waals surface area (Å²) in [6.45, 7) is 10.8. The van der Waals surface area contributed by atoms with Gasteiger partial charge < -0.3 is 14.8 Å². The van der Waals surface area contributed by atoms with Crippen LogP contribution in [0.25, 0.3) is 0 Å². The van der Waals surface area contributed by atoms with E-state index in [9.17, 15) is 0 Å². The molecule has 4 atom stereocenters. The third-order valence-electron chi connectivity index (χ3n) is 5.36. The van der Waals surface area contributed by atoms with Crippen LogP contribution in [0.15, 0.2) is 0 Å². The van der Waals surface area contributed by atoms with Gasteiger partial charge in [0, 0.05) is 37.5 Å². The summed E-state index contributed by atoms with van der Waals surface area (Å²) in [5.74, 6) is 0.540. The highest BCUT2D eigenvalue weighted by Gasteiger charge is 2.48. The standard InChI is InChI=1S/C16H30N2O2/c1-4-17-14-5-6-16(19-7-8-20-16)10-15(14)18-11-12(2)9-13(18)3/h12-15,17H,4-11H2,1-3H3. The first-order valence-corrected chi connectivity index (χ1v) is 8.40. The molecule has 4 heteroatoms. The molecule has 2 saturated heterocycles. The first-order valence-electron chi connectivity index (χ1n) is 8.40. The minimum absolute atomic E-state index is 0.276. The number of hydrogen-bond donors (Lipinski definition) is 1. The van der Waals surface area contributed by atoms with Gasteiger partial charge in [0.1, 0.15) is 0 Å². The summed E-state index contributed by atoms with van der Waals surface area (Å²) >= 11 is 0. The van der Waals surface area contributed by atoms with E-state index in [1.807, 2.05) is 0 Å². The molecule has 0 aromatic rings. The molecule has 0 aromatic heterocycles. The lowest BCUT2D eigenvalue weighted by molar-refractivity contribution is -0.194. The number of rotatable bonds is 3. The molecule has 1 saturated carbocycles. The quantitative estimate of drug-likeness (QED) is 0.858. The molecule has 2 aliphatic heterocycles. The van der Waals surface area contributed by atoms with Crippen LogP contribution in [0, 0.1) is 5.92 Å². The van der Waals surface area contributed by atoms with E-state index in [1.54, 1.807) is 0 Å². The second-order valence-corrected chi connectivity index (χ2v) is 6.97. The van der Waals surface area contributed by atoms with E-state index >= 15 is 0 Å². The fraction of sp³-hybridized carbons (Fsp3) is 1.00. The molecule has 116 valence electrons. The lowest BCUT2D eigenvalue weighted by Crippen LogP contribution is -2.58. The zero-order chi connectivity index (χ0) is 14.2. The van der Waals surface area contributed by atoms with Crippen LogP contribution < -0.4 is 5.32 Å². The molecule has 0 aromatic carbocycles. The summed E-state index contributed by atoms with van der Waals surface area (Å²) in [5.41, 5.74) is 0. The summed E-state index contributed by atoms with van der Waals surface area (Å²) in [7, 11) is 0. The first kappa shape index (κ1) is 14.8. The zero-order valence-electron chi connectivity index (χ0n) is 13.2. The van der Waals surface area contributed by atoms with Gasteiger partial charge >= 0.3 is 0 Å². The van der Waals surface area contributed by atoms with E-state index in [-0.39, 0.29) is 5.79 Å². The molecule has 0 radical (unpaired) electrons. The van der Waals surface area contributed by atoms with Crippen LogP contribution in [-0.4, -0.2) is 55.1 Å². The Morgan fingerprint density at radius 1 is 1.25 bits per heavy atom. The Labute approximate surface area is 123 Å². The smallest absolute Gasteiger partial charge is 0.170 e. The average Bonchev–Trinajstić information content (AvgIpc) is 2.99. The van der Waals surface area contributed by atoms with Crippen molar-refractivity contribution in [2.24, 2.45) is 5.92 Å². The normalized spacial score (nSPS) is 41.5. The third kappa shape index (κ3) is 2.76. The van der Waals surface area contributed by atoms with Crippen LogP contribution in [-0.2, 0) is 9.47 Å². The summed E-state index contributed by atoms with van der Waals surface area (Å²) < 4.78 is 12.0. The fourth-order valence-corrected chi connectivity index (χ4v) is 4.53. The molecule has 4 unspecified atom stereocenters. The van der Waals surface area contributed by atoms with Crippen LogP contribution >= 0.6 is 0 Å². The van der Waals surface area contributed by atoms with Gasteiger partial charge in [0.15, 0.2) is 5.79 Å². The van der Waals surface area contributed by atoms with E-state index in [0.29, 0.717) is 18.1 Å². The Morgan fingerprint density at radius 3 is 2.60 bits per heavy atom. The molecule has 1 N–H and O–H groups in total. The molecule has 3 rings (SSSR count). The number of likely N-dealkylation sites (N-methyl/N-ethyl adjacent to an activating group) is 1. The number of likely N-dealkylation sites (tertiary alicyclic amines) is 1. The van der Waals surface area contributed by atoms with Crippen LogP contribution in [0.3, 0.4) is 0 Å². The van der Waals surface area contributed by atoms with Crippen molar-refractivity contribution in [3.05, 3.63) is 0 Å². The first-order chi connectivity index (χ1) is 9.63. The second kappa shape index (κ2) is 5.91. The maximum Gasteiger partial charge on any atom is 0.170 e. The summed E-state index contributed by atoms with van der Waals surface area (Å²) in [6.07, 6.45) is 4.56. The molecular formula is C16H30N2O2. The highest BCUT2D eigenvalue weighted by Crippen LogP contribution is 2.40.